The summed E-state index contributed by atoms with van der Waals surface area (Å²) in [6.07, 6.45) is 3.59. The highest BCUT2D eigenvalue weighted by Gasteiger charge is 2.11. The molecule has 33 heavy (non-hydrogen) atoms. The van der Waals surface area contributed by atoms with Crippen molar-refractivity contribution < 1.29 is 9.90 Å². The van der Waals surface area contributed by atoms with E-state index in [0.717, 1.165) is 41.3 Å². The summed E-state index contributed by atoms with van der Waals surface area (Å²) < 4.78 is 0. The van der Waals surface area contributed by atoms with E-state index < -0.39 is 0 Å². The molecule has 0 spiro atoms. The maximum absolute atomic E-state index is 12.1. The number of Topliss-reactive ketones (excluding diaryl/α,β-unsaturated/α-hetero) is 1. The lowest BCUT2D eigenvalue weighted by Crippen LogP contribution is -1.97. The quantitative estimate of drug-likeness (QED) is 0.311. The summed E-state index contributed by atoms with van der Waals surface area (Å²) in [5.41, 5.74) is 7.21. The van der Waals surface area contributed by atoms with Gasteiger partial charge in [0.1, 0.15) is 0 Å². The normalized spacial score (nSPS) is 10.0. The SMILES string of the molecule is CC.CCCCc1ccc(-c2ccc(-c3cc(C(C)=O)c4ccccc4n3)cc2)cc1.CO. The van der Waals surface area contributed by atoms with Gasteiger partial charge in [-0.25, -0.2) is 4.98 Å². The number of pyridine rings is 1. The minimum Gasteiger partial charge on any atom is -0.400 e. The number of hydrogen-bond donors (Lipinski definition) is 1. The first-order valence-electron chi connectivity index (χ1n) is 11.7. The second kappa shape index (κ2) is 13.3. The number of hydrogen-bond acceptors (Lipinski definition) is 3. The van der Waals surface area contributed by atoms with E-state index in [1.165, 1.54) is 29.5 Å². The molecule has 0 bridgehead atoms. The van der Waals surface area contributed by atoms with E-state index >= 15 is 0 Å². The van der Waals surface area contributed by atoms with Crippen molar-refractivity contribution in [3.63, 3.8) is 0 Å². The third-order valence-electron chi connectivity index (χ3n) is 5.38. The molecule has 4 rings (SSSR count). The van der Waals surface area contributed by atoms with Crippen LogP contribution in [-0.4, -0.2) is 23.0 Å². The molecule has 4 aromatic rings. The van der Waals surface area contributed by atoms with Crippen LogP contribution in [0.15, 0.2) is 78.9 Å². The first-order chi connectivity index (χ1) is 16.2. The molecule has 0 aliphatic heterocycles. The second-order valence-corrected chi connectivity index (χ2v) is 7.51. The highest BCUT2D eigenvalue weighted by Crippen LogP contribution is 2.28. The zero-order valence-corrected chi connectivity index (χ0v) is 20.4. The number of aliphatic hydroxyl groups excluding tert-OH is 1. The number of rotatable bonds is 6. The Kier molecular flexibility index (Phi) is 10.5. The maximum atomic E-state index is 12.1. The van der Waals surface area contributed by atoms with E-state index in [2.05, 4.69) is 55.5 Å². The Labute approximate surface area is 198 Å². The first kappa shape index (κ1) is 26.0. The summed E-state index contributed by atoms with van der Waals surface area (Å²) in [6, 6.07) is 27.0. The largest absolute Gasteiger partial charge is 0.400 e. The summed E-state index contributed by atoms with van der Waals surface area (Å²) in [4.78, 5) is 16.9. The number of aryl methyl sites for hydroxylation is 1. The predicted molar refractivity (Wildman–Crippen MR) is 141 cm³/mol. The highest BCUT2D eigenvalue weighted by molar-refractivity contribution is 6.07. The number of nitrogens with zero attached hydrogens (tertiary/aromatic N) is 1. The Balaban J connectivity index is 0.000000914. The van der Waals surface area contributed by atoms with Gasteiger partial charge in [0.2, 0.25) is 0 Å². The third-order valence-corrected chi connectivity index (χ3v) is 5.38. The molecule has 0 unspecified atom stereocenters. The van der Waals surface area contributed by atoms with Gasteiger partial charge in [0.25, 0.3) is 0 Å². The molecule has 0 amide bonds. The summed E-state index contributed by atoms with van der Waals surface area (Å²) in [7, 11) is 1.00. The van der Waals surface area contributed by atoms with Gasteiger partial charge in [0.15, 0.2) is 5.78 Å². The van der Waals surface area contributed by atoms with Gasteiger partial charge in [-0.05, 0) is 48.6 Å². The Morgan fingerprint density at radius 1 is 0.818 bits per heavy atom. The standard InChI is InChI=1S/C27H25NO.C2H6.CH4O/c1-3-4-7-20-10-12-21(13-11-20)22-14-16-23(17-15-22)27-18-25(19(2)29)24-8-5-6-9-26(24)28-27;2*1-2/h5-6,8-18H,3-4,7H2,1-2H3;1-2H3;2H,1H3. The second-order valence-electron chi connectivity index (χ2n) is 7.51. The van der Waals surface area contributed by atoms with Crippen LogP contribution >= 0.6 is 0 Å². The lowest BCUT2D eigenvalue weighted by atomic mass is 9.98. The lowest BCUT2D eigenvalue weighted by Gasteiger charge is -2.09. The van der Waals surface area contributed by atoms with Crippen molar-refractivity contribution in [1.82, 2.24) is 4.98 Å². The van der Waals surface area contributed by atoms with Crippen molar-refractivity contribution in [3.8, 4) is 22.4 Å². The third kappa shape index (κ3) is 6.59. The van der Waals surface area contributed by atoms with Crippen LogP contribution in [0, 0.1) is 0 Å². The number of aromatic nitrogens is 1. The molecular formula is C30H35NO2. The topological polar surface area (TPSA) is 50.2 Å². The number of carbonyl (C=O) groups excluding carboxylic acids is 1. The maximum Gasteiger partial charge on any atom is 0.160 e. The Morgan fingerprint density at radius 3 is 1.94 bits per heavy atom. The van der Waals surface area contributed by atoms with E-state index in [-0.39, 0.29) is 5.78 Å². The minimum absolute atomic E-state index is 0.0598. The Morgan fingerprint density at radius 2 is 1.36 bits per heavy atom. The molecule has 0 saturated heterocycles. The van der Waals surface area contributed by atoms with Gasteiger partial charge in [-0.3, -0.25) is 4.79 Å². The monoisotopic (exact) mass is 441 g/mol. The average molecular weight is 442 g/mol. The van der Waals surface area contributed by atoms with E-state index in [1.807, 2.05) is 44.2 Å². The van der Waals surface area contributed by atoms with Crippen LogP contribution in [0.1, 0.15) is 56.5 Å². The van der Waals surface area contributed by atoms with Crippen LogP contribution in [0.2, 0.25) is 0 Å². The van der Waals surface area contributed by atoms with Crippen molar-refractivity contribution in [2.45, 2.75) is 47.0 Å². The molecule has 172 valence electrons. The fraction of sp³-hybridized carbons (Fsp3) is 0.267. The zero-order chi connectivity index (χ0) is 24.2. The van der Waals surface area contributed by atoms with Crippen LogP contribution in [0.25, 0.3) is 33.3 Å². The molecule has 0 saturated carbocycles. The molecule has 0 aliphatic rings. The van der Waals surface area contributed by atoms with E-state index in [4.69, 9.17) is 10.1 Å². The molecule has 1 heterocycles. The molecule has 3 heteroatoms. The van der Waals surface area contributed by atoms with Crippen molar-refractivity contribution in [1.29, 1.82) is 0 Å². The molecule has 1 N–H and O–H groups in total. The van der Waals surface area contributed by atoms with E-state index in [0.29, 0.717) is 0 Å². The molecule has 0 aliphatic carbocycles. The lowest BCUT2D eigenvalue weighted by molar-refractivity contribution is 0.101. The number of unbranched alkanes of at least 4 members (excludes halogenated alkanes) is 1. The number of aliphatic hydroxyl groups is 1. The molecular weight excluding hydrogens is 406 g/mol. The van der Waals surface area contributed by atoms with Gasteiger partial charge in [-0.15, -0.1) is 0 Å². The number of para-hydroxylation sites is 1. The van der Waals surface area contributed by atoms with Crippen LogP contribution in [0.4, 0.5) is 0 Å². The summed E-state index contributed by atoms with van der Waals surface area (Å²) >= 11 is 0. The molecule has 1 aromatic heterocycles. The molecule has 0 fully saturated rings. The number of ketones is 1. The van der Waals surface area contributed by atoms with E-state index in [9.17, 15) is 4.79 Å². The number of carbonyl (C=O) groups is 1. The van der Waals surface area contributed by atoms with Crippen LogP contribution in [0.5, 0.6) is 0 Å². The number of benzene rings is 3. The fourth-order valence-electron chi connectivity index (χ4n) is 3.69. The average Bonchev–Trinajstić information content (AvgIpc) is 2.89. The van der Waals surface area contributed by atoms with Gasteiger partial charge in [-0.2, -0.15) is 0 Å². The summed E-state index contributed by atoms with van der Waals surface area (Å²) in [5, 5.41) is 7.91. The summed E-state index contributed by atoms with van der Waals surface area (Å²) in [5.74, 6) is 0.0598. The van der Waals surface area contributed by atoms with Crippen LogP contribution < -0.4 is 0 Å². The van der Waals surface area contributed by atoms with Crippen molar-refractivity contribution in [2.75, 3.05) is 7.11 Å². The van der Waals surface area contributed by atoms with Crippen LogP contribution in [0.3, 0.4) is 0 Å². The summed E-state index contributed by atoms with van der Waals surface area (Å²) in [6.45, 7) is 7.83. The van der Waals surface area contributed by atoms with Gasteiger partial charge < -0.3 is 5.11 Å². The van der Waals surface area contributed by atoms with Crippen molar-refractivity contribution in [3.05, 3.63) is 90.0 Å². The molecule has 0 radical (unpaired) electrons. The molecule has 3 aromatic carbocycles. The van der Waals surface area contributed by atoms with E-state index in [1.54, 1.807) is 6.92 Å². The highest BCUT2D eigenvalue weighted by atomic mass is 16.2. The zero-order valence-electron chi connectivity index (χ0n) is 20.4. The van der Waals surface area contributed by atoms with Crippen molar-refractivity contribution >= 4 is 16.7 Å². The predicted octanol–water partition coefficient (Wildman–Crippen LogP) is 7.75. The fourth-order valence-corrected chi connectivity index (χ4v) is 3.69. The van der Waals surface area contributed by atoms with Gasteiger partial charge in [0, 0.05) is 23.6 Å². The smallest absolute Gasteiger partial charge is 0.160 e. The van der Waals surface area contributed by atoms with Crippen LogP contribution in [-0.2, 0) is 6.42 Å². The molecule has 3 nitrogen and oxygen atoms in total. The Hall–Kier alpha value is -3.30. The van der Waals surface area contributed by atoms with Gasteiger partial charge >= 0.3 is 0 Å². The minimum atomic E-state index is 0.0598. The first-order valence-corrected chi connectivity index (χ1v) is 11.7. The van der Waals surface area contributed by atoms with Crippen molar-refractivity contribution in [2.24, 2.45) is 0 Å². The van der Waals surface area contributed by atoms with Gasteiger partial charge in [-0.1, -0.05) is 93.9 Å². The Bertz CT molecular complexity index is 1150. The molecule has 0 atom stereocenters. The number of fused-ring (bicyclic) bond motifs is 1. The van der Waals surface area contributed by atoms with Gasteiger partial charge in [0.05, 0.1) is 11.2 Å².